The van der Waals surface area contributed by atoms with Crippen LogP contribution in [0.4, 0.5) is 0 Å². The monoisotopic (exact) mass is 282 g/mol. The molecule has 2 aliphatic rings. The van der Waals surface area contributed by atoms with Gasteiger partial charge in [-0.15, -0.1) is 0 Å². The van der Waals surface area contributed by atoms with Crippen LogP contribution in [0.15, 0.2) is 0 Å². The number of nitrogens with one attached hydrogen (secondary N) is 1. The fourth-order valence-electron chi connectivity index (χ4n) is 3.71. The summed E-state index contributed by atoms with van der Waals surface area (Å²) in [6, 6.07) is 1.65. The predicted octanol–water partition coefficient (Wildman–Crippen LogP) is 2.18. The van der Waals surface area contributed by atoms with Gasteiger partial charge in [0.15, 0.2) is 0 Å². The lowest BCUT2D eigenvalue weighted by Crippen LogP contribution is -2.43. The van der Waals surface area contributed by atoms with Crippen LogP contribution in [0.5, 0.6) is 0 Å². The number of carbonyl (C=O) groups is 1. The minimum absolute atomic E-state index is 0.316. The molecule has 0 spiro atoms. The highest BCUT2D eigenvalue weighted by Crippen LogP contribution is 2.33. The van der Waals surface area contributed by atoms with Crippen molar-refractivity contribution >= 4 is 5.91 Å². The van der Waals surface area contributed by atoms with Gasteiger partial charge in [0.1, 0.15) is 0 Å². The Hall–Kier alpha value is -0.610. The lowest BCUT2D eigenvalue weighted by molar-refractivity contribution is -0.135. The normalized spacial score (nSPS) is 30.2. The molecule has 4 nitrogen and oxygen atoms in total. The Morgan fingerprint density at radius 3 is 2.55 bits per heavy atom. The first-order valence-electron chi connectivity index (χ1n) is 8.18. The van der Waals surface area contributed by atoms with E-state index in [1.165, 1.54) is 25.7 Å². The predicted molar refractivity (Wildman–Crippen MR) is 80.6 cm³/mol. The Labute approximate surface area is 123 Å². The molecule has 2 aliphatic heterocycles. The first-order chi connectivity index (χ1) is 9.63. The molecule has 2 rings (SSSR count). The molecule has 116 valence electrons. The fourth-order valence-corrected chi connectivity index (χ4v) is 3.71. The Bertz CT molecular complexity index is 310. The van der Waals surface area contributed by atoms with Crippen molar-refractivity contribution in [3.05, 3.63) is 0 Å². The van der Waals surface area contributed by atoms with Gasteiger partial charge in [0.05, 0.1) is 6.61 Å². The molecule has 1 amide bonds. The van der Waals surface area contributed by atoms with E-state index in [2.05, 4.69) is 19.2 Å². The standard InChI is InChI=1S/C16H30N2O2/c1-4-12(2)18(7-8-20-3)16(19)11-13-9-14-5-6-15(10-13)17-14/h12-15,17H,4-11H2,1-3H3. The maximum Gasteiger partial charge on any atom is 0.223 e. The van der Waals surface area contributed by atoms with Crippen LogP contribution < -0.4 is 5.32 Å². The van der Waals surface area contributed by atoms with Crippen molar-refractivity contribution < 1.29 is 9.53 Å². The van der Waals surface area contributed by atoms with E-state index in [1.54, 1.807) is 7.11 Å². The molecule has 2 bridgehead atoms. The third-order valence-corrected chi connectivity index (χ3v) is 5.01. The van der Waals surface area contributed by atoms with Crippen molar-refractivity contribution in [1.29, 1.82) is 0 Å². The molecule has 0 aromatic carbocycles. The van der Waals surface area contributed by atoms with Crippen molar-refractivity contribution in [2.24, 2.45) is 5.92 Å². The van der Waals surface area contributed by atoms with Gasteiger partial charge in [-0.3, -0.25) is 4.79 Å². The molecule has 3 unspecified atom stereocenters. The maximum absolute atomic E-state index is 12.6. The Morgan fingerprint density at radius 1 is 1.35 bits per heavy atom. The van der Waals surface area contributed by atoms with E-state index in [-0.39, 0.29) is 0 Å². The zero-order chi connectivity index (χ0) is 14.5. The summed E-state index contributed by atoms with van der Waals surface area (Å²) in [4.78, 5) is 14.6. The van der Waals surface area contributed by atoms with Crippen LogP contribution in [0.2, 0.25) is 0 Å². The van der Waals surface area contributed by atoms with Gasteiger partial charge in [-0.05, 0) is 44.9 Å². The first kappa shape index (κ1) is 15.8. The van der Waals surface area contributed by atoms with E-state index in [9.17, 15) is 4.79 Å². The average Bonchev–Trinajstić information content (AvgIpc) is 2.78. The molecule has 0 radical (unpaired) electrons. The molecule has 0 aromatic rings. The number of piperidine rings is 1. The molecular formula is C16H30N2O2. The van der Waals surface area contributed by atoms with Crippen LogP contribution in [0.1, 0.15) is 52.4 Å². The van der Waals surface area contributed by atoms with Crippen molar-refractivity contribution in [1.82, 2.24) is 10.2 Å². The molecule has 0 aliphatic carbocycles. The Morgan fingerprint density at radius 2 is 2.00 bits per heavy atom. The number of fused-ring (bicyclic) bond motifs is 2. The molecule has 20 heavy (non-hydrogen) atoms. The molecule has 2 fully saturated rings. The molecule has 1 N–H and O–H groups in total. The molecule has 3 atom stereocenters. The summed E-state index contributed by atoms with van der Waals surface area (Å²) in [5, 5.41) is 3.65. The molecule has 2 heterocycles. The number of carbonyl (C=O) groups excluding carboxylic acids is 1. The minimum atomic E-state index is 0.316. The van der Waals surface area contributed by atoms with Gasteiger partial charge < -0.3 is 15.0 Å². The van der Waals surface area contributed by atoms with Crippen LogP contribution in [0.3, 0.4) is 0 Å². The van der Waals surface area contributed by atoms with E-state index >= 15 is 0 Å². The summed E-state index contributed by atoms with van der Waals surface area (Å²) < 4.78 is 5.15. The summed E-state index contributed by atoms with van der Waals surface area (Å²) in [5.74, 6) is 0.901. The van der Waals surface area contributed by atoms with Gasteiger partial charge in [-0.2, -0.15) is 0 Å². The third-order valence-electron chi connectivity index (χ3n) is 5.01. The highest BCUT2D eigenvalue weighted by atomic mass is 16.5. The highest BCUT2D eigenvalue weighted by Gasteiger charge is 2.35. The molecule has 0 saturated carbocycles. The van der Waals surface area contributed by atoms with Crippen LogP contribution in [-0.2, 0) is 9.53 Å². The molecule has 0 aromatic heterocycles. The molecule has 2 saturated heterocycles. The van der Waals surface area contributed by atoms with Gasteiger partial charge in [0, 0.05) is 38.2 Å². The third kappa shape index (κ3) is 3.95. The number of hydrogen-bond acceptors (Lipinski definition) is 3. The van der Waals surface area contributed by atoms with Gasteiger partial charge in [-0.1, -0.05) is 6.92 Å². The number of methoxy groups -OCH3 is 1. The quantitative estimate of drug-likeness (QED) is 0.778. The SMILES string of the molecule is CCC(C)N(CCOC)C(=O)CC1CC2CCC(C1)N2. The summed E-state index contributed by atoms with van der Waals surface area (Å²) in [5.41, 5.74) is 0. The largest absolute Gasteiger partial charge is 0.383 e. The van der Waals surface area contributed by atoms with Crippen molar-refractivity contribution in [2.75, 3.05) is 20.3 Å². The van der Waals surface area contributed by atoms with Gasteiger partial charge in [0.25, 0.3) is 0 Å². The summed E-state index contributed by atoms with van der Waals surface area (Å²) in [6.07, 6.45) is 6.69. The number of hydrogen-bond donors (Lipinski definition) is 1. The van der Waals surface area contributed by atoms with Gasteiger partial charge >= 0.3 is 0 Å². The molecule has 4 heteroatoms. The van der Waals surface area contributed by atoms with Gasteiger partial charge in [-0.25, -0.2) is 0 Å². The van der Waals surface area contributed by atoms with Crippen LogP contribution in [0, 0.1) is 5.92 Å². The minimum Gasteiger partial charge on any atom is -0.383 e. The lowest BCUT2D eigenvalue weighted by Gasteiger charge is -2.33. The zero-order valence-corrected chi connectivity index (χ0v) is 13.2. The Kier molecular flexibility index (Phi) is 5.85. The van der Waals surface area contributed by atoms with Crippen molar-refractivity contribution in [2.45, 2.75) is 70.5 Å². The Balaban J connectivity index is 1.87. The number of ether oxygens (including phenoxy) is 1. The zero-order valence-electron chi connectivity index (χ0n) is 13.2. The number of rotatable bonds is 7. The van der Waals surface area contributed by atoms with Crippen molar-refractivity contribution in [3.8, 4) is 0 Å². The second-order valence-corrected chi connectivity index (χ2v) is 6.52. The number of amides is 1. The smallest absolute Gasteiger partial charge is 0.223 e. The summed E-state index contributed by atoms with van der Waals surface area (Å²) in [7, 11) is 1.70. The highest BCUT2D eigenvalue weighted by molar-refractivity contribution is 5.76. The second-order valence-electron chi connectivity index (χ2n) is 6.52. The van der Waals surface area contributed by atoms with E-state index in [0.717, 1.165) is 19.4 Å². The first-order valence-corrected chi connectivity index (χ1v) is 8.18. The topological polar surface area (TPSA) is 41.6 Å². The van der Waals surface area contributed by atoms with E-state index in [4.69, 9.17) is 4.74 Å². The van der Waals surface area contributed by atoms with E-state index in [0.29, 0.717) is 36.6 Å². The van der Waals surface area contributed by atoms with Crippen LogP contribution in [0.25, 0.3) is 0 Å². The van der Waals surface area contributed by atoms with Gasteiger partial charge in [0.2, 0.25) is 5.91 Å². The lowest BCUT2D eigenvalue weighted by atomic mass is 9.89. The average molecular weight is 282 g/mol. The summed E-state index contributed by atoms with van der Waals surface area (Å²) in [6.45, 7) is 5.64. The van der Waals surface area contributed by atoms with Crippen LogP contribution >= 0.6 is 0 Å². The summed E-state index contributed by atoms with van der Waals surface area (Å²) >= 11 is 0. The van der Waals surface area contributed by atoms with E-state index < -0.39 is 0 Å². The second kappa shape index (κ2) is 7.41. The number of nitrogens with zero attached hydrogens (tertiary/aromatic N) is 1. The molecular weight excluding hydrogens is 252 g/mol. The van der Waals surface area contributed by atoms with Crippen molar-refractivity contribution in [3.63, 3.8) is 0 Å². The maximum atomic E-state index is 12.6. The fraction of sp³-hybridized carbons (Fsp3) is 0.938. The van der Waals surface area contributed by atoms with E-state index in [1.807, 2.05) is 4.90 Å². The van der Waals surface area contributed by atoms with Crippen LogP contribution in [-0.4, -0.2) is 49.2 Å².